The van der Waals surface area contributed by atoms with Crippen molar-refractivity contribution in [2.75, 3.05) is 10.0 Å². The molecule has 1 amide bonds. The highest BCUT2D eigenvalue weighted by atomic mass is 32.2. The van der Waals surface area contributed by atoms with Crippen LogP contribution in [0.25, 0.3) is 0 Å². The van der Waals surface area contributed by atoms with Crippen molar-refractivity contribution in [1.29, 1.82) is 0 Å². The summed E-state index contributed by atoms with van der Waals surface area (Å²) < 4.78 is 68.0. The summed E-state index contributed by atoms with van der Waals surface area (Å²) in [7, 11) is -4.24. The minimum Gasteiger partial charge on any atom is -0.326 e. The summed E-state index contributed by atoms with van der Waals surface area (Å²) in [6.45, 7) is 5.90. The molecule has 2 N–H and O–H groups in total. The molecule has 0 heterocycles. The number of amides is 1. The standard InChI is InChI=1S/C21H23F3N2O3S/c1-20(2,3)14-6-9-16(10-7-14)30(28,29)26-18-11-8-15(12-17(18)21(22,23)24)25-19(27)13-4-5-13/h6-13,26H,4-5H2,1-3H3,(H,25,27). The van der Waals surface area contributed by atoms with Crippen molar-refractivity contribution in [3.05, 3.63) is 53.6 Å². The molecule has 9 heteroatoms. The molecule has 0 spiro atoms. The molecule has 30 heavy (non-hydrogen) atoms. The third kappa shape index (κ3) is 5.13. The van der Waals surface area contributed by atoms with E-state index in [0.717, 1.165) is 17.7 Å². The number of carbonyl (C=O) groups is 1. The number of hydrogen-bond acceptors (Lipinski definition) is 3. The first kappa shape index (κ1) is 22.1. The molecule has 2 aromatic carbocycles. The highest BCUT2D eigenvalue weighted by Gasteiger charge is 2.36. The lowest BCUT2D eigenvalue weighted by Crippen LogP contribution is -2.19. The van der Waals surface area contributed by atoms with Gasteiger partial charge in [-0.3, -0.25) is 9.52 Å². The summed E-state index contributed by atoms with van der Waals surface area (Å²) in [6, 6.07) is 8.98. The molecule has 0 bridgehead atoms. The van der Waals surface area contributed by atoms with Gasteiger partial charge in [-0.1, -0.05) is 32.9 Å². The quantitative estimate of drug-likeness (QED) is 0.675. The van der Waals surface area contributed by atoms with Gasteiger partial charge >= 0.3 is 6.18 Å². The van der Waals surface area contributed by atoms with Gasteiger partial charge < -0.3 is 5.32 Å². The zero-order chi connectivity index (χ0) is 22.3. The Hall–Kier alpha value is -2.55. The second-order valence-electron chi connectivity index (χ2n) is 8.40. The van der Waals surface area contributed by atoms with Gasteiger partial charge in [-0.05, 0) is 54.2 Å². The fourth-order valence-electron chi connectivity index (χ4n) is 2.87. The first-order valence-corrected chi connectivity index (χ1v) is 10.9. The second-order valence-corrected chi connectivity index (χ2v) is 10.1. The zero-order valence-electron chi connectivity index (χ0n) is 16.8. The van der Waals surface area contributed by atoms with E-state index in [1.807, 2.05) is 25.5 Å². The van der Waals surface area contributed by atoms with Crippen LogP contribution in [0.4, 0.5) is 24.5 Å². The van der Waals surface area contributed by atoms with Crippen LogP contribution < -0.4 is 10.0 Å². The fraction of sp³-hybridized carbons (Fsp3) is 0.381. The summed E-state index contributed by atoms with van der Waals surface area (Å²) in [5, 5.41) is 2.44. The average Bonchev–Trinajstić information content (AvgIpc) is 3.46. The van der Waals surface area contributed by atoms with E-state index in [4.69, 9.17) is 0 Å². The van der Waals surface area contributed by atoms with E-state index in [-0.39, 0.29) is 27.8 Å². The van der Waals surface area contributed by atoms with Gasteiger partial charge in [0.2, 0.25) is 5.91 Å². The van der Waals surface area contributed by atoms with E-state index in [0.29, 0.717) is 12.8 Å². The maximum absolute atomic E-state index is 13.6. The van der Waals surface area contributed by atoms with E-state index >= 15 is 0 Å². The lowest BCUT2D eigenvalue weighted by atomic mass is 9.87. The van der Waals surface area contributed by atoms with E-state index in [1.54, 1.807) is 12.1 Å². The molecule has 0 unspecified atom stereocenters. The van der Waals surface area contributed by atoms with Crippen LogP contribution in [0.15, 0.2) is 47.4 Å². The number of nitrogens with one attached hydrogen (secondary N) is 2. The number of alkyl halides is 3. The summed E-state index contributed by atoms with van der Waals surface area (Å²) >= 11 is 0. The molecule has 1 aliphatic rings. The lowest BCUT2D eigenvalue weighted by molar-refractivity contribution is -0.136. The van der Waals surface area contributed by atoms with Gasteiger partial charge in [0.15, 0.2) is 0 Å². The molecule has 0 atom stereocenters. The normalized spacial score (nSPS) is 15.0. The average molecular weight is 440 g/mol. The van der Waals surface area contributed by atoms with Crippen LogP contribution in [0.1, 0.15) is 44.7 Å². The lowest BCUT2D eigenvalue weighted by Gasteiger charge is -2.20. The Morgan fingerprint density at radius 2 is 1.60 bits per heavy atom. The van der Waals surface area contributed by atoms with Crippen molar-refractivity contribution in [3.8, 4) is 0 Å². The van der Waals surface area contributed by atoms with Gasteiger partial charge in [0.05, 0.1) is 16.1 Å². The number of halogens is 3. The van der Waals surface area contributed by atoms with Crippen LogP contribution in [-0.4, -0.2) is 14.3 Å². The number of carbonyl (C=O) groups excluding carboxylic acids is 1. The van der Waals surface area contributed by atoms with Crippen LogP contribution in [-0.2, 0) is 26.4 Å². The molecule has 5 nitrogen and oxygen atoms in total. The minimum atomic E-state index is -4.81. The third-order valence-electron chi connectivity index (χ3n) is 4.82. The molecule has 0 saturated heterocycles. The Bertz CT molecular complexity index is 1050. The molecule has 1 saturated carbocycles. The molecule has 0 aromatic heterocycles. The minimum absolute atomic E-state index is 0.0308. The van der Waals surface area contributed by atoms with Crippen molar-refractivity contribution in [1.82, 2.24) is 0 Å². The van der Waals surface area contributed by atoms with Crippen LogP contribution >= 0.6 is 0 Å². The maximum Gasteiger partial charge on any atom is 0.418 e. The smallest absolute Gasteiger partial charge is 0.326 e. The van der Waals surface area contributed by atoms with Gasteiger partial charge in [0, 0.05) is 11.6 Å². The number of benzene rings is 2. The SMILES string of the molecule is CC(C)(C)c1ccc(S(=O)(=O)Nc2ccc(NC(=O)C3CC3)cc2C(F)(F)F)cc1. The van der Waals surface area contributed by atoms with E-state index in [1.165, 1.54) is 18.2 Å². The van der Waals surface area contributed by atoms with Gasteiger partial charge in [-0.25, -0.2) is 8.42 Å². The molecule has 3 rings (SSSR count). The van der Waals surface area contributed by atoms with Crippen molar-refractivity contribution in [2.45, 2.75) is 50.1 Å². The van der Waals surface area contributed by atoms with Crippen LogP contribution in [0.2, 0.25) is 0 Å². The number of hydrogen-bond donors (Lipinski definition) is 2. The molecular weight excluding hydrogens is 417 g/mol. The highest BCUT2D eigenvalue weighted by molar-refractivity contribution is 7.92. The van der Waals surface area contributed by atoms with Crippen molar-refractivity contribution < 1.29 is 26.4 Å². The van der Waals surface area contributed by atoms with E-state index in [9.17, 15) is 26.4 Å². The molecule has 1 aliphatic carbocycles. The van der Waals surface area contributed by atoms with Gasteiger partial charge in [-0.2, -0.15) is 13.2 Å². The fourth-order valence-corrected chi connectivity index (χ4v) is 3.95. The summed E-state index contributed by atoms with van der Waals surface area (Å²) in [5.74, 6) is -0.510. The molecule has 162 valence electrons. The summed E-state index contributed by atoms with van der Waals surface area (Å²) in [5.41, 5.74) is -1.11. The first-order valence-electron chi connectivity index (χ1n) is 9.43. The number of anilines is 2. The number of rotatable bonds is 5. The third-order valence-corrected chi connectivity index (χ3v) is 6.20. The monoisotopic (exact) mass is 440 g/mol. The second kappa shape index (κ2) is 7.61. The van der Waals surface area contributed by atoms with Crippen molar-refractivity contribution >= 4 is 27.3 Å². The number of sulfonamides is 1. The van der Waals surface area contributed by atoms with Gasteiger partial charge in [-0.15, -0.1) is 0 Å². The van der Waals surface area contributed by atoms with Crippen LogP contribution in [0, 0.1) is 5.92 Å². The molecule has 0 radical (unpaired) electrons. The molecular formula is C21H23F3N2O3S. The Kier molecular flexibility index (Phi) is 5.62. The maximum atomic E-state index is 13.6. The Morgan fingerprint density at radius 1 is 1.00 bits per heavy atom. The van der Waals surface area contributed by atoms with Gasteiger partial charge in [0.25, 0.3) is 10.0 Å². The van der Waals surface area contributed by atoms with Crippen molar-refractivity contribution in [2.24, 2.45) is 5.92 Å². The predicted octanol–water partition coefficient (Wildman–Crippen LogP) is 5.15. The summed E-state index contributed by atoms with van der Waals surface area (Å²) in [4.78, 5) is 11.7. The Morgan fingerprint density at radius 3 is 2.10 bits per heavy atom. The van der Waals surface area contributed by atoms with Crippen LogP contribution in [0.3, 0.4) is 0 Å². The highest BCUT2D eigenvalue weighted by Crippen LogP contribution is 2.38. The molecule has 1 fully saturated rings. The predicted molar refractivity (Wildman–Crippen MR) is 109 cm³/mol. The zero-order valence-corrected chi connectivity index (χ0v) is 17.6. The van der Waals surface area contributed by atoms with E-state index < -0.39 is 27.5 Å². The largest absolute Gasteiger partial charge is 0.418 e. The topological polar surface area (TPSA) is 75.3 Å². The summed E-state index contributed by atoms with van der Waals surface area (Å²) in [6.07, 6.45) is -3.39. The molecule has 2 aromatic rings. The Balaban J connectivity index is 1.89. The van der Waals surface area contributed by atoms with E-state index in [2.05, 4.69) is 5.32 Å². The Labute approximate surface area is 173 Å². The first-order chi connectivity index (χ1) is 13.8. The van der Waals surface area contributed by atoms with Crippen LogP contribution in [0.5, 0.6) is 0 Å². The molecule has 0 aliphatic heterocycles. The van der Waals surface area contributed by atoms with Gasteiger partial charge in [0.1, 0.15) is 0 Å². The van der Waals surface area contributed by atoms with Crippen molar-refractivity contribution in [3.63, 3.8) is 0 Å².